The summed E-state index contributed by atoms with van der Waals surface area (Å²) in [5.41, 5.74) is 2.72. The van der Waals surface area contributed by atoms with E-state index in [-0.39, 0.29) is 56.3 Å². The molecule has 0 saturated heterocycles. The minimum absolute atomic E-state index is 0.0938. The van der Waals surface area contributed by atoms with Crippen molar-refractivity contribution in [1.29, 1.82) is 0 Å². The monoisotopic (exact) mass is 634 g/mol. The molecule has 0 unspecified atom stereocenters. The summed E-state index contributed by atoms with van der Waals surface area (Å²) in [6.07, 6.45) is 2.06. The first-order valence-electron chi connectivity index (χ1n) is 14.7. The number of carbonyl (C=O) groups excluding carboxylic acids is 2. The number of benzene rings is 2. The topological polar surface area (TPSA) is 142 Å². The number of hydrogen-bond donors (Lipinski definition) is 2. The SMILES string of the molecule is CCOC(=O)CCOCCOCCOCCNS(=O)(=O)Cc1cc2oc(-c3ccc(F)cc3)c(C(=O)NC)c2cc1C1CC1. The molecule has 3 aromatic rings. The van der Waals surface area contributed by atoms with E-state index in [1.165, 1.54) is 31.3 Å². The van der Waals surface area contributed by atoms with Gasteiger partial charge in [0.05, 0.1) is 64.0 Å². The number of ether oxygens (including phenoxy) is 4. The molecule has 0 spiro atoms. The van der Waals surface area contributed by atoms with Crippen LogP contribution in [0, 0.1) is 5.82 Å². The van der Waals surface area contributed by atoms with Crippen LogP contribution >= 0.6 is 0 Å². The highest BCUT2D eigenvalue weighted by Crippen LogP contribution is 2.45. The molecule has 1 aliphatic rings. The van der Waals surface area contributed by atoms with Crippen molar-refractivity contribution in [1.82, 2.24) is 10.0 Å². The van der Waals surface area contributed by atoms with Gasteiger partial charge in [0.1, 0.15) is 17.2 Å². The zero-order valence-electron chi connectivity index (χ0n) is 25.0. The number of nitrogens with one attached hydrogen (secondary N) is 2. The molecule has 0 radical (unpaired) electrons. The number of halogens is 1. The Kier molecular flexibility index (Phi) is 12.3. The number of sulfonamides is 1. The lowest BCUT2D eigenvalue weighted by Crippen LogP contribution is -2.29. The van der Waals surface area contributed by atoms with Crippen molar-refractivity contribution in [2.45, 2.75) is 37.9 Å². The Morgan fingerprint density at radius 1 is 0.977 bits per heavy atom. The Morgan fingerprint density at radius 2 is 1.64 bits per heavy atom. The zero-order valence-corrected chi connectivity index (χ0v) is 25.8. The van der Waals surface area contributed by atoms with Gasteiger partial charge in [0.25, 0.3) is 5.91 Å². The average molecular weight is 635 g/mol. The Balaban J connectivity index is 1.29. The summed E-state index contributed by atoms with van der Waals surface area (Å²) < 4.78 is 69.2. The normalized spacial score (nSPS) is 13.3. The molecule has 1 aromatic heterocycles. The van der Waals surface area contributed by atoms with Crippen LogP contribution in [0.25, 0.3) is 22.3 Å². The van der Waals surface area contributed by atoms with Gasteiger partial charge in [-0.05, 0) is 73.2 Å². The van der Waals surface area contributed by atoms with E-state index in [1.54, 1.807) is 13.0 Å². The quantitative estimate of drug-likeness (QED) is 0.148. The number of amides is 1. The van der Waals surface area contributed by atoms with Crippen LogP contribution in [0.15, 0.2) is 40.8 Å². The van der Waals surface area contributed by atoms with Gasteiger partial charge in [0.15, 0.2) is 0 Å². The molecule has 240 valence electrons. The van der Waals surface area contributed by atoms with Gasteiger partial charge < -0.3 is 28.7 Å². The minimum Gasteiger partial charge on any atom is -0.466 e. The van der Waals surface area contributed by atoms with Gasteiger partial charge in [-0.3, -0.25) is 9.59 Å². The smallest absolute Gasteiger partial charge is 0.308 e. The van der Waals surface area contributed by atoms with Gasteiger partial charge in [-0.2, -0.15) is 0 Å². The Hall–Kier alpha value is -3.36. The van der Waals surface area contributed by atoms with E-state index in [2.05, 4.69) is 10.0 Å². The molecular weight excluding hydrogens is 595 g/mol. The van der Waals surface area contributed by atoms with Gasteiger partial charge in [-0.1, -0.05) is 0 Å². The van der Waals surface area contributed by atoms with Crippen molar-refractivity contribution in [2.75, 3.05) is 59.8 Å². The van der Waals surface area contributed by atoms with Crippen LogP contribution in [-0.2, 0) is 39.5 Å². The van der Waals surface area contributed by atoms with Crippen LogP contribution in [-0.4, -0.2) is 80.1 Å². The molecule has 0 bridgehead atoms. The van der Waals surface area contributed by atoms with E-state index >= 15 is 0 Å². The van der Waals surface area contributed by atoms with E-state index in [0.717, 1.165) is 18.4 Å². The summed E-state index contributed by atoms with van der Waals surface area (Å²) >= 11 is 0. The summed E-state index contributed by atoms with van der Waals surface area (Å²) in [5.74, 6) is -0.813. The lowest BCUT2D eigenvalue weighted by Gasteiger charge is -2.12. The van der Waals surface area contributed by atoms with Crippen LogP contribution in [0.3, 0.4) is 0 Å². The van der Waals surface area contributed by atoms with E-state index in [0.29, 0.717) is 59.8 Å². The predicted molar refractivity (Wildman–Crippen MR) is 161 cm³/mol. The number of hydrogen-bond acceptors (Lipinski definition) is 9. The van der Waals surface area contributed by atoms with Gasteiger partial charge >= 0.3 is 5.97 Å². The first-order chi connectivity index (χ1) is 21.2. The zero-order chi connectivity index (χ0) is 31.5. The molecular formula is C31H39FN2O9S. The number of carbonyl (C=O) groups is 2. The highest BCUT2D eigenvalue weighted by molar-refractivity contribution is 7.88. The van der Waals surface area contributed by atoms with Crippen molar-refractivity contribution < 1.29 is 45.8 Å². The van der Waals surface area contributed by atoms with Crippen LogP contribution in [0.5, 0.6) is 0 Å². The fraction of sp³-hybridized carbons (Fsp3) is 0.484. The Bertz CT molecular complexity index is 1520. The molecule has 1 heterocycles. The lowest BCUT2D eigenvalue weighted by molar-refractivity contribution is -0.144. The summed E-state index contributed by atoms with van der Waals surface area (Å²) in [5, 5.41) is 3.22. The Morgan fingerprint density at radius 3 is 2.27 bits per heavy atom. The molecule has 44 heavy (non-hydrogen) atoms. The summed E-state index contributed by atoms with van der Waals surface area (Å²) in [7, 11) is -2.18. The molecule has 1 fully saturated rings. The standard InChI is InChI=1S/C31H39FN2O9S/c1-3-42-28(35)10-12-39-14-16-41-17-15-40-13-11-34-44(37,38)20-23-18-27-26(19-25(23)21-4-5-21)29(31(36)33-2)30(43-27)22-6-8-24(32)9-7-22/h6-9,18-19,21,34H,3-5,10-17,20H2,1-2H3,(H,33,36). The van der Waals surface area contributed by atoms with Crippen LogP contribution in [0.1, 0.15) is 53.6 Å². The van der Waals surface area contributed by atoms with Gasteiger partial charge in [-0.15, -0.1) is 0 Å². The minimum atomic E-state index is -3.71. The third-order valence-electron chi connectivity index (χ3n) is 6.94. The Labute approximate surface area is 256 Å². The molecule has 4 rings (SSSR count). The van der Waals surface area contributed by atoms with E-state index in [9.17, 15) is 22.4 Å². The maximum absolute atomic E-state index is 13.6. The fourth-order valence-electron chi connectivity index (χ4n) is 4.71. The van der Waals surface area contributed by atoms with E-state index < -0.39 is 15.8 Å². The number of esters is 1. The van der Waals surface area contributed by atoms with Gasteiger partial charge in [0, 0.05) is 24.5 Å². The van der Waals surface area contributed by atoms with E-state index in [1.807, 2.05) is 6.07 Å². The first kappa shape index (κ1) is 33.5. The molecule has 0 atom stereocenters. The van der Waals surface area contributed by atoms with Crippen molar-refractivity contribution in [2.24, 2.45) is 0 Å². The third kappa shape index (κ3) is 9.57. The predicted octanol–water partition coefficient (Wildman–Crippen LogP) is 3.90. The van der Waals surface area contributed by atoms with Crippen molar-refractivity contribution in [3.8, 4) is 11.3 Å². The van der Waals surface area contributed by atoms with Crippen LogP contribution in [0.4, 0.5) is 4.39 Å². The molecule has 1 saturated carbocycles. The van der Waals surface area contributed by atoms with Gasteiger partial charge in [0.2, 0.25) is 10.0 Å². The van der Waals surface area contributed by atoms with Crippen molar-refractivity contribution in [3.05, 3.63) is 58.9 Å². The maximum atomic E-state index is 13.6. The highest BCUT2D eigenvalue weighted by Gasteiger charge is 2.31. The fourth-order valence-corrected chi connectivity index (χ4v) is 5.87. The van der Waals surface area contributed by atoms with Crippen molar-refractivity contribution >= 4 is 32.9 Å². The second-order valence-corrected chi connectivity index (χ2v) is 12.1. The van der Waals surface area contributed by atoms with Crippen LogP contribution < -0.4 is 10.0 Å². The number of rotatable bonds is 19. The number of fused-ring (bicyclic) bond motifs is 1. The highest BCUT2D eigenvalue weighted by atomic mass is 32.2. The molecule has 0 aliphatic heterocycles. The molecule has 11 nitrogen and oxygen atoms in total. The summed E-state index contributed by atoms with van der Waals surface area (Å²) in [6, 6.07) is 9.20. The third-order valence-corrected chi connectivity index (χ3v) is 8.28. The van der Waals surface area contributed by atoms with Gasteiger partial charge in [-0.25, -0.2) is 17.5 Å². The average Bonchev–Trinajstić information content (AvgIpc) is 3.77. The summed E-state index contributed by atoms with van der Waals surface area (Å²) in [6.45, 7) is 3.91. The molecule has 2 N–H and O–H groups in total. The summed E-state index contributed by atoms with van der Waals surface area (Å²) in [4.78, 5) is 24.1. The molecule has 13 heteroatoms. The van der Waals surface area contributed by atoms with E-state index in [4.69, 9.17) is 23.4 Å². The molecule has 1 amide bonds. The molecule has 2 aromatic carbocycles. The maximum Gasteiger partial charge on any atom is 0.308 e. The van der Waals surface area contributed by atoms with Crippen LogP contribution in [0.2, 0.25) is 0 Å². The second kappa shape index (κ2) is 16.1. The first-order valence-corrected chi connectivity index (χ1v) is 16.3. The molecule has 1 aliphatic carbocycles. The van der Waals surface area contributed by atoms with Crippen molar-refractivity contribution in [3.63, 3.8) is 0 Å². The largest absolute Gasteiger partial charge is 0.466 e. The lowest BCUT2D eigenvalue weighted by atomic mass is 9.98. The number of furan rings is 1. The second-order valence-electron chi connectivity index (χ2n) is 10.3.